The number of benzene rings is 1. The summed E-state index contributed by atoms with van der Waals surface area (Å²) in [5.41, 5.74) is 2.39. The lowest BCUT2D eigenvalue weighted by molar-refractivity contribution is -0.121. The normalized spacial score (nSPS) is 12.2. The summed E-state index contributed by atoms with van der Waals surface area (Å²) < 4.78 is 0. The maximum Gasteiger partial charge on any atom is 0.220 e. The van der Waals surface area contributed by atoms with Crippen LogP contribution in [0.25, 0.3) is 0 Å². The van der Waals surface area contributed by atoms with Crippen molar-refractivity contribution < 1.29 is 4.79 Å². The molecule has 1 atom stereocenters. The Morgan fingerprint density at radius 2 is 2.20 bits per heavy atom. The highest BCUT2D eigenvalue weighted by molar-refractivity contribution is 5.76. The lowest BCUT2D eigenvalue weighted by Gasteiger charge is -2.14. The molecule has 0 aliphatic carbocycles. The molecular weight excluding hydrogens is 186 g/mol. The van der Waals surface area contributed by atoms with Gasteiger partial charge in [-0.1, -0.05) is 36.8 Å². The highest BCUT2D eigenvalue weighted by Gasteiger charge is 2.08. The maximum absolute atomic E-state index is 11.4. The van der Waals surface area contributed by atoms with E-state index in [1.807, 2.05) is 26.0 Å². The van der Waals surface area contributed by atoms with Crippen molar-refractivity contribution in [2.24, 2.45) is 0 Å². The molecule has 0 saturated carbocycles. The van der Waals surface area contributed by atoms with Crippen LogP contribution < -0.4 is 5.32 Å². The van der Waals surface area contributed by atoms with Crippen LogP contribution in [0.4, 0.5) is 0 Å². The van der Waals surface area contributed by atoms with Gasteiger partial charge in [0.25, 0.3) is 0 Å². The van der Waals surface area contributed by atoms with Crippen LogP contribution in [0.2, 0.25) is 0 Å². The summed E-state index contributed by atoms with van der Waals surface area (Å²) >= 11 is 0. The molecule has 0 spiro atoms. The Labute approximate surface area is 91.7 Å². The van der Waals surface area contributed by atoms with E-state index in [0.717, 1.165) is 6.42 Å². The lowest BCUT2D eigenvalue weighted by Crippen LogP contribution is -2.26. The predicted molar refractivity (Wildman–Crippen MR) is 62.6 cm³/mol. The molecule has 2 nitrogen and oxygen atoms in total. The summed E-state index contributed by atoms with van der Waals surface area (Å²) in [6.07, 6.45) is 1.50. The zero-order valence-electron chi connectivity index (χ0n) is 9.71. The van der Waals surface area contributed by atoms with Gasteiger partial charge in [0.05, 0.1) is 6.04 Å². The molecule has 1 N–H and O–H groups in total. The number of hydrogen-bond donors (Lipinski definition) is 1. The predicted octanol–water partition coefficient (Wildman–Crippen LogP) is 2.97. The largest absolute Gasteiger partial charge is 0.350 e. The van der Waals surface area contributed by atoms with Gasteiger partial charge in [0.2, 0.25) is 5.91 Å². The van der Waals surface area contributed by atoms with E-state index >= 15 is 0 Å². The highest BCUT2D eigenvalue weighted by Crippen LogP contribution is 2.13. The Morgan fingerprint density at radius 1 is 1.47 bits per heavy atom. The van der Waals surface area contributed by atoms with Gasteiger partial charge >= 0.3 is 0 Å². The fourth-order valence-electron chi connectivity index (χ4n) is 1.56. The van der Waals surface area contributed by atoms with E-state index in [4.69, 9.17) is 0 Å². The zero-order chi connectivity index (χ0) is 11.3. The van der Waals surface area contributed by atoms with Crippen molar-refractivity contribution in [2.45, 2.75) is 39.7 Å². The highest BCUT2D eigenvalue weighted by atomic mass is 16.1. The van der Waals surface area contributed by atoms with Crippen molar-refractivity contribution in [3.63, 3.8) is 0 Å². The molecule has 0 aromatic heterocycles. The molecule has 2 heteroatoms. The molecule has 0 saturated heterocycles. The first kappa shape index (κ1) is 11.8. The topological polar surface area (TPSA) is 29.1 Å². The first-order chi connectivity index (χ1) is 7.13. The molecule has 1 aromatic rings. The smallest absolute Gasteiger partial charge is 0.220 e. The van der Waals surface area contributed by atoms with Gasteiger partial charge in [-0.15, -0.1) is 0 Å². The minimum absolute atomic E-state index is 0.101. The molecule has 82 valence electrons. The van der Waals surface area contributed by atoms with Gasteiger partial charge in [0.1, 0.15) is 0 Å². The van der Waals surface area contributed by atoms with Crippen LogP contribution in [0.15, 0.2) is 24.3 Å². The fourth-order valence-corrected chi connectivity index (χ4v) is 1.56. The second kappa shape index (κ2) is 5.54. The summed E-state index contributed by atoms with van der Waals surface area (Å²) in [7, 11) is 0. The van der Waals surface area contributed by atoms with Gasteiger partial charge in [0.15, 0.2) is 0 Å². The molecule has 0 aliphatic heterocycles. The number of hydrogen-bond acceptors (Lipinski definition) is 1. The molecule has 1 aromatic carbocycles. The first-order valence-corrected chi connectivity index (χ1v) is 5.49. The standard InChI is InChI=1S/C13H19NO/c1-4-6-13(15)14-11(3)12-8-5-7-10(2)9-12/h5,7-9,11H,4,6H2,1-3H3,(H,14,15)/t11-/m0/s1. The van der Waals surface area contributed by atoms with Crippen LogP contribution >= 0.6 is 0 Å². The van der Waals surface area contributed by atoms with Crippen molar-refractivity contribution in [1.82, 2.24) is 5.32 Å². The summed E-state index contributed by atoms with van der Waals surface area (Å²) in [5.74, 6) is 0.131. The van der Waals surface area contributed by atoms with Crippen molar-refractivity contribution in [2.75, 3.05) is 0 Å². The van der Waals surface area contributed by atoms with Crippen molar-refractivity contribution in [1.29, 1.82) is 0 Å². The molecule has 1 amide bonds. The quantitative estimate of drug-likeness (QED) is 0.804. The van der Waals surface area contributed by atoms with Crippen molar-refractivity contribution in [3.05, 3.63) is 35.4 Å². The zero-order valence-corrected chi connectivity index (χ0v) is 9.71. The van der Waals surface area contributed by atoms with Crippen LogP contribution in [-0.4, -0.2) is 5.91 Å². The maximum atomic E-state index is 11.4. The third kappa shape index (κ3) is 3.74. The van der Waals surface area contributed by atoms with E-state index in [1.165, 1.54) is 11.1 Å². The molecule has 0 radical (unpaired) electrons. The van der Waals surface area contributed by atoms with Gasteiger partial charge in [-0.2, -0.15) is 0 Å². The Kier molecular flexibility index (Phi) is 4.35. The average molecular weight is 205 g/mol. The van der Waals surface area contributed by atoms with Crippen molar-refractivity contribution >= 4 is 5.91 Å². The Morgan fingerprint density at radius 3 is 2.80 bits per heavy atom. The number of nitrogens with one attached hydrogen (secondary N) is 1. The number of carbonyl (C=O) groups excluding carboxylic acids is 1. The van der Waals surface area contributed by atoms with Gasteiger partial charge < -0.3 is 5.32 Å². The third-order valence-electron chi connectivity index (χ3n) is 2.40. The van der Waals surface area contributed by atoms with Crippen LogP contribution in [0.5, 0.6) is 0 Å². The molecule has 15 heavy (non-hydrogen) atoms. The van der Waals surface area contributed by atoms with Gasteiger partial charge in [-0.25, -0.2) is 0 Å². The Balaban J connectivity index is 2.60. The van der Waals surface area contributed by atoms with Crippen LogP contribution in [0.3, 0.4) is 0 Å². The van der Waals surface area contributed by atoms with E-state index in [0.29, 0.717) is 6.42 Å². The van der Waals surface area contributed by atoms with E-state index in [1.54, 1.807) is 0 Å². The molecule has 0 heterocycles. The monoisotopic (exact) mass is 205 g/mol. The molecule has 1 rings (SSSR count). The van der Waals surface area contributed by atoms with E-state index in [2.05, 4.69) is 24.4 Å². The number of carbonyl (C=O) groups is 1. The van der Waals surface area contributed by atoms with Gasteiger partial charge in [-0.05, 0) is 25.8 Å². The summed E-state index contributed by atoms with van der Waals surface area (Å²) in [4.78, 5) is 11.4. The van der Waals surface area contributed by atoms with E-state index < -0.39 is 0 Å². The molecule has 0 aliphatic rings. The number of aryl methyl sites for hydroxylation is 1. The Bertz CT molecular complexity index is 333. The van der Waals surface area contributed by atoms with E-state index in [-0.39, 0.29) is 11.9 Å². The lowest BCUT2D eigenvalue weighted by atomic mass is 10.1. The van der Waals surface area contributed by atoms with Crippen LogP contribution in [0.1, 0.15) is 43.9 Å². The summed E-state index contributed by atoms with van der Waals surface area (Å²) in [6.45, 7) is 6.09. The second-order valence-corrected chi connectivity index (χ2v) is 3.95. The van der Waals surface area contributed by atoms with Crippen LogP contribution in [-0.2, 0) is 4.79 Å². The number of rotatable bonds is 4. The second-order valence-electron chi connectivity index (χ2n) is 3.95. The molecule has 0 unspecified atom stereocenters. The van der Waals surface area contributed by atoms with Gasteiger partial charge in [-0.3, -0.25) is 4.79 Å². The molecular formula is C13H19NO. The average Bonchev–Trinajstić information content (AvgIpc) is 2.18. The summed E-state index contributed by atoms with van der Waals surface area (Å²) in [6, 6.07) is 8.34. The molecule has 0 fully saturated rings. The molecule has 0 bridgehead atoms. The first-order valence-electron chi connectivity index (χ1n) is 5.49. The van der Waals surface area contributed by atoms with Crippen molar-refractivity contribution in [3.8, 4) is 0 Å². The Hall–Kier alpha value is -1.31. The third-order valence-corrected chi connectivity index (χ3v) is 2.40. The minimum atomic E-state index is 0.101. The van der Waals surface area contributed by atoms with E-state index in [9.17, 15) is 4.79 Å². The minimum Gasteiger partial charge on any atom is -0.350 e. The number of amides is 1. The fraction of sp³-hybridized carbons (Fsp3) is 0.462. The SMILES string of the molecule is CCCC(=O)N[C@@H](C)c1cccc(C)c1. The van der Waals surface area contributed by atoms with Crippen LogP contribution in [0, 0.1) is 6.92 Å². The summed E-state index contributed by atoms with van der Waals surface area (Å²) in [5, 5.41) is 2.99. The van der Waals surface area contributed by atoms with Gasteiger partial charge in [0, 0.05) is 6.42 Å².